The predicted octanol–water partition coefficient (Wildman–Crippen LogP) is 1.16. The van der Waals surface area contributed by atoms with E-state index in [1.54, 1.807) is 12.1 Å². The Balaban J connectivity index is 1.94. The zero-order chi connectivity index (χ0) is 13.1. The van der Waals surface area contributed by atoms with Crippen molar-refractivity contribution in [2.45, 2.75) is 19.4 Å². The van der Waals surface area contributed by atoms with Gasteiger partial charge in [-0.1, -0.05) is 22.9 Å². The van der Waals surface area contributed by atoms with Crippen LogP contribution in [0.2, 0.25) is 0 Å². The molecule has 0 aliphatic carbocycles. The van der Waals surface area contributed by atoms with Gasteiger partial charge in [-0.15, -0.1) is 0 Å². The molecule has 1 aromatic carbocycles. The Labute approximate surface area is 103 Å². The molecule has 0 saturated heterocycles. The second kappa shape index (κ2) is 4.87. The van der Waals surface area contributed by atoms with E-state index in [0.29, 0.717) is 5.69 Å². The first kappa shape index (κ1) is 12.1. The van der Waals surface area contributed by atoms with Crippen molar-refractivity contribution in [2.75, 3.05) is 5.32 Å². The zero-order valence-electron chi connectivity index (χ0n) is 9.71. The molecule has 0 spiro atoms. The van der Waals surface area contributed by atoms with Crippen molar-refractivity contribution in [3.8, 4) is 0 Å². The summed E-state index contributed by atoms with van der Waals surface area (Å²) in [7, 11) is 0. The van der Waals surface area contributed by atoms with E-state index >= 15 is 0 Å². The Hall–Kier alpha value is -2.37. The summed E-state index contributed by atoms with van der Waals surface area (Å²) in [5.74, 6) is -1.57. The van der Waals surface area contributed by atoms with Gasteiger partial charge in [-0.05, 0) is 19.1 Å². The third-order valence-corrected chi connectivity index (χ3v) is 2.53. The zero-order valence-corrected chi connectivity index (χ0v) is 9.71. The number of carboxylic acids is 1. The number of aliphatic carboxylic acids is 1. The fraction of sp³-hybridized carbons (Fsp3) is 0.250. The number of rotatable bonds is 3. The maximum Gasteiger partial charge on any atom is 0.353 e. The van der Waals surface area contributed by atoms with E-state index in [4.69, 9.17) is 9.94 Å². The van der Waals surface area contributed by atoms with Crippen LogP contribution in [0.15, 0.2) is 29.4 Å². The summed E-state index contributed by atoms with van der Waals surface area (Å²) < 4.78 is 0. The number of nitrogens with one attached hydrogen (secondary N) is 1. The van der Waals surface area contributed by atoms with Crippen LogP contribution in [-0.2, 0) is 14.4 Å². The number of benzene rings is 1. The van der Waals surface area contributed by atoms with Crippen molar-refractivity contribution in [2.24, 2.45) is 5.16 Å². The minimum atomic E-state index is -1.17. The van der Waals surface area contributed by atoms with Crippen molar-refractivity contribution >= 4 is 23.3 Å². The molecular formula is C12H12N2O4. The van der Waals surface area contributed by atoms with Crippen LogP contribution in [-0.4, -0.2) is 28.8 Å². The molecule has 1 aliphatic rings. The number of oxime groups is 1. The molecule has 6 nitrogen and oxygen atoms in total. The van der Waals surface area contributed by atoms with Crippen LogP contribution in [0.5, 0.6) is 0 Å². The summed E-state index contributed by atoms with van der Waals surface area (Å²) in [5, 5.41) is 14.7. The van der Waals surface area contributed by atoms with Gasteiger partial charge in [0.25, 0.3) is 5.91 Å². The highest BCUT2D eigenvalue weighted by molar-refractivity contribution is 6.36. The number of hydrogen-bond acceptors (Lipinski definition) is 4. The molecule has 6 heteroatoms. The van der Waals surface area contributed by atoms with Gasteiger partial charge in [-0.3, -0.25) is 4.79 Å². The van der Waals surface area contributed by atoms with Crippen LogP contribution < -0.4 is 5.32 Å². The van der Waals surface area contributed by atoms with Crippen molar-refractivity contribution in [1.82, 2.24) is 0 Å². The number of amides is 1. The van der Waals surface area contributed by atoms with Crippen molar-refractivity contribution < 1.29 is 19.5 Å². The van der Waals surface area contributed by atoms with E-state index in [1.807, 2.05) is 19.1 Å². The van der Waals surface area contributed by atoms with E-state index in [1.165, 1.54) is 0 Å². The first-order chi connectivity index (χ1) is 8.56. The van der Waals surface area contributed by atoms with Gasteiger partial charge in [0.15, 0.2) is 5.71 Å². The van der Waals surface area contributed by atoms with E-state index in [-0.39, 0.29) is 12.1 Å². The van der Waals surface area contributed by atoms with E-state index in [2.05, 4.69) is 10.5 Å². The predicted molar refractivity (Wildman–Crippen MR) is 64.4 cm³/mol. The maximum atomic E-state index is 11.8. The molecule has 1 heterocycles. The summed E-state index contributed by atoms with van der Waals surface area (Å²) in [6.45, 7) is 1.94. The fourth-order valence-corrected chi connectivity index (χ4v) is 1.50. The monoisotopic (exact) mass is 248 g/mol. The molecule has 1 amide bonds. The van der Waals surface area contributed by atoms with Gasteiger partial charge in [0, 0.05) is 12.1 Å². The molecule has 0 fully saturated rings. The van der Waals surface area contributed by atoms with Gasteiger partial charge in [-0.2, -0.15) is 0 Å². The van der Waals surface area contributed by atoms with E-state index in [9.17, 15) is 9.59 Å². The minimum Gasteiger partial charge on any atom is -0.477 e. The molecule has 0 aromatic heterocycles. The Bertz CT molecular complexity index is 507. The number of nitrogens with zero attached hydrogens (tertiary/aromatic N) is 1. The second-order valence-corrected chi connectivity index (χ2v) is 4.00. The molecule has 2 N–H and O–H groups in total. The molecule has 1 aromatic rings. The smallest absolute Gasteiger partial charge is 0.353 e. The molecule has 2 rings (SSSR count). The van der Waals surface area contributed by atoms with Crippen molar-refractivity contribution in [1.29, 1.82) is 0 Å². The van der Waals surface area contributed by atoms with Gasteiger partial charge in [-0.25, -0.2) is 4.79 Å². The molecule has 0 radical (unpaired) electrons. The fourth-order valence-electron chi connectivity index (χ4n) is 1.50. The topological polar surface area (TPSA) is 88.0 Å². The van der Waals surface area contributed by atoms with Crippen LogP contribution in [0.1, 0.15) is 12.0 Å². The maximum absolute atomic E-state index is 11.8. The van der Waals surface area contributed by atoms with Gasteiger partial charge in [0.1, 0.15) is 0 Å². The largest absolute Gasteiger partial charge is 0.477 e. The average Bonchev–Trinajstić information content (AvgIpc) is 2.81. The first-order valence-electron chi connectivity index (χ1n) is 5.40. The number of carbonyl (C=O) groups is 2. The number of carboxylic acid groups (broad SMARTS) is 1. The lowest BCUT2D eigenvalue weighted by atomic mass is 10.1. The van der Waals surface area contributed by atoms with Crippen LogP contribution in [0, 0.1) is 6.92 Å². The Morgan fingerprint density at radius 1 is 1.39 bits per heavy atom. The highest BCUT2D eigenvalue weighted by Gasteiger charge is 2.31. The summed E-state index contributed by atoms with van der Waals surface area (Å²) in [6.07, 6.45) is -0.898. The highest BCUT2D eigenvalue weighted by Crippen LogP contribution is 2.14. The van der Waals surface area contributed by atoms with Gasteiger partial charge in [0.05, 0.1) is 0 Å². The molecule has 0 bridgehead atoms. The standard InChI is InChI=1S/C12H12N2O4/c1-7-2-4-8(5-3-7)13-11(15)10-6-9(12(16)17)14-18-10/h2-5,10H,6H2,1H3,(H,13,15)(H,16,17). The Morgan fingerprint density at radius 3 is 2.61 bits per heavy atom. The summed E-state index contributed by atoms with van der Waals surface area (Å²) in [5.41, 5.74) is 1.58. The lowest BCUT2D eigenvalue weighted by Gasteiger charge is -2.09. The Kier molecular flexibility index (Phi) is 3.27. The van der Waals surface area contributed by atoms with Gasteiger partial charge >= 0.3 is 5.97 Å². The SMILES string of the molecule is Cc1ccc(NC(=O)C2CC(C(=O)O)=NO2)cc1. The third-order valence-electron chi connectivity index (χ3n) is 2.53. The molecule has 1 aliphatic heterocycles. The van der Waals surface area contributed by atoms with Crippen LogP contribution in [0.25, 0.3) is 0 Å². The van der Waals surface area contributed by atoms with E-state index < -0.39 is 18.0 Å². The van der Waals surface area contributed by atoms with Crippen LogP contribution in [0.4, 0.5) is 5.69 Å². The molecule has 0 saturated carbocycles. The summed E-state index contributed by atoms with van der Waals surface area (Å²) >= 11 is 0. The Morgan fingerprint density at radius 2 is 2.06 bits per heavy atom. The lowest BCUT2D eigenvalue weighted by molar-refractivity contribution is -0.129. The number of hydrogen-bond donors (Lipinski definition) is 2. The highest BCUT2D eigenvalue weighted by atomic mass is 16.6. The minimum absolute atomic E-state index is 0.0208. The number of anilines is 1. The molecule has 94 valence electrons. The van der Waals surface area contributed by atoms with Crippen LogP contribution in [0.3, 0.4) is 0 Å². The quantitative estimate of drug-likeness (QED) is 0.840. The van der Waals surface area contributed by atoms with Gasteiger partial charge in [0.2, 0.25) is 6.10 Å². The number of aryl methyl sites for hydroxylation is 1. The second-order valence-electron chi connectivity index (χ2n) is 4.00. The van der Waals surface area contributed by atoms with Gasteiger partial charge < -0.3 is 15.3 Å². The normalized spacial score (nSPS) is 17.8. The van der Waals surface area contributed by atoms with Crippen molar-refractivity contribution in [3.63, 3.8) is 0 Å². The first-order valence-corrected chi connectivity index (χ1v) is 5.40. The molecule has 18 heavy (non-hydrogen) atoms. The molecular weight excluding hydrogens is 236 g/mol. The van der Waals surface area contributed by atoms with Crippen LogP contribution >= 0.6 is 0 Å². The third kappa shape index (κ3) is 2.65. The van der Waals surface area contributed by atoms with E-state index in [0.717, 1.165) is 5.56 Å². The lowest BCUT2D eigenvalue weighted by Crippen LogP contribution is -2.28. The number of carbonyl (C=O) groups excluding carboxylic acids is 1. The summed E-state index contributed by atoms with van der Waals surface area (Å²) in [6, 6.07) is 7.26. The molecule has 1 unspecified atom stereocenters. The average molecular weight is 248 g/mol. The summed E-state index contributed by atoms with van der Waals surface area (Å²) in [4.78, 5) is 27.2. The van der Waals surface area contributed by atoms with Crippen molar-refractivity contribution in [3.05, 3.63) is 29.8 Å². The molecule has 1 atom stereocenters.